The second-order valence-corrected chi connectivity index (χ2v) is 7.27. The fraction of sp³-hybridized carbons (Fsp3) is 0.556. The van der Waals surface area contributed by atoms with Crippen LogP contribution in [0.5, 0.6) is 0 Å². The first-order chi connectivity index (χ1) is 13.1. The Bertz CT molecular complexity index is 824. The number of carbonyl (C=O) groups is 2. The Kier molecular flexibility index (Phi) is 4.83. The minimum atomic E-state index is -0.215. The van der Waals surface area contributed by atoms with E-state index in [9.17, 15) is 9.59 Å². The van der Waals surface area contributed by atoms with Gasteiger partial charge in [0.2, 0.25) is 23.5 Å². The normalized spacial score (nSPS) is 23.1. The molecule has 9 heteroatoms. The summed E-state index contributed by atoms with van der Waals surface area (Å²) in [6.45, 7) is 1.93. The summed E-state index contributed by atoms with van der Waals surface area (Å²) in [6, 6.07) is 0. The predicted octanol–water partition coefficient (Wildman–Crippen LogP) is 0.786. The van der Waals surface area contributed by atoms with Crippen LogP contribution in [-0.4, -0.2) is 68.4 Å². The van der Waals surface area contributed by atoms with Gasteiger partial charge in [-0.2, -0.15) is 4.98 Å². The summed E-state index contributed by atoms with van der Waals surface area (Å²) in [5.74, 6) is 1.16. The maximum absolute atomic E-state index is 12.8. The lowest BCUT2D eigenvalue weighted by molar-refractivity contribution is -0.137. The third-order valence-electron chi connectivity index (χ3n) is 5.24. The van der Waals surface area contributed by atoms with E-state index in [-0.39, 0.29) is 23.7 Å². The molecule has 0 saturated carbocycles. The molecule has 4 heterocycles. The number of likely N-dealkylation sites (tertiary alicyclic amines) is 2. The van der Waals surface area contributed by atoms with Gasteiger partial charge < -0.3 is 14.3 Å². The Balaban J connectivity index is 1.37. The lowest BCUT2D eigenvalue weighted by Gasteiger charge is -2.33. The SMILES string of the molecule is CN1C[C@H](C(=O)N2CCC[C@H](Cc3nc(-c4cnccn4)no3)C2)CC1=O. The molecule has 2 aliphatic rings. The van der Waals surface area contributed by atoms with Gasteiger partial charge in [0.05, 0.1) is 12.1 Å². The van der Waals surface area contributed by atoms with Gasteiger partial charge in [-0.25, -0.2) is 4.98 Å². The van der Waals surface area contributed by atoms with Crippen LogP contribution in [0.15, 0.2) is 23.1 Å². The monoisotopic (exact) mass is 370 g/mol. The highest BCUT2D eigenvalue weighted by Crippen LogP contribution is 2.25. The summed E-state index contributed by atoms with van der Waals surface area (Å²) in [5, 5.41) is 3.97. The summed E-state index contributed by atoms with van der Waals surface area (Å²) in [7, 11) is 1.75. The number of rotatable bonds is 4. The van der Waals surface area contributed by atoms with Crippen molar-refractivity contribution in [2.45, 2.75) is 25.7 Å². The number of carbonyl (C=O) groups excluding carboxylic acids is 2. The molecule has 0 unspecified atom stereocenters. The fourth-order valence-corrected chi connectivity index (χ4v) is 3.82. The van der Waals surface area contributed by atoms with E-state index in [2.05, 4.69) is 20.1 Å². The number of amides is 2. The number of hydrogen-bond donors (Lipinski definition) is 0. The molecule has 2 aliphatic heterocycles. The summed E-state index contributed by atoms with van der Waals surface area (Å²) >= 11 is 0. The van der Waals surface area contributed by atoms with Gasteiger partial charge >= 0.3 is 0 Å². The van der Waals surface area contributed by atoms with E-state index in [1.165, 1.54) is 0 Å². The van der Waals surface area contributed by atoms with E-state index in [0.717, 1.165) is 19.4 Å². The van der Waals surface area contributed by atoms with Crippen LogP contribution in [0.1, 0.15) is 25.2 Å². The molecule has 0 spiro atoms. The Morgan fingerprint density at radius 3 is 2.96 bits per heavy atom. The molecule has 142 valence electrons. The maximum atomic E-state index is 12.8. The Hall–Kier alpha value is -2.84. The van der Waals surface area contributed by atoms with E-state index >= 15 is 0 Å². The van der Waals surface area contributed by atoms with Crippen molar-refractivity contribution in [1.29, 1.82) is 0 Å². The molecule has 27 heavy (non-hydrogen) atoms. The van der Waals surface area contributed by atoms with Crippen molar-refractivity contribution in [1.82, 2.24) is 29.9 Å². The quantitative estimate of drug-likeness (QED) is 0.783. The van der Waals surface area contributed by atoms with Gasteiger partial charge in [0.15, 0.2) is 0 Å². The highest BCUT2D eigenvalue weighted by molar-refractivity contribution is 5.89. The molecule has 4 rings (SSSR count). The molecule has 9 nitrogen and oxygen atoms in total. The second-order valence-electron chi connectivity index (χ2n) is 7.27. The van der Waals surface area contributed by atoms with E-state index in [1.807, 2.05) is 4.90 Å². The van der Waals surface area contributed by atoms with Gasteiger partial charge in [-0.05, 0) is 18.8 Å². The van der Waals surface area contributed by atoms with E-state index in [0.29, 0.717) is 43.3 Å². The molecule has 2 atom stereocenters. The van der Waals surface area contributed by atoms with E-state index in [1.54, 1.807) is 30.5 Å². The van der Waals surface area contributed by atoms with E-state index < -0.39 is 0 Å². The average Bonchev–Trinajstić information content (AvgIpc) is 3.29. The molecule has 0 aromatic carbocycles. The van der Waals surface area contributed by atoms with Crippen molar-refractivity contribution in [3.63, 3.8) is 0 Å². The van der Waals surface area contributed by atoms with Crippen LogP contribution < -0.4 is 0 Å². The van der Waals surface area contributed by atoms with Crippen LogP contribution in [0.2, 0.25) is 0 Å². The van der Waals surface area contributed by atoms with Crippen molar-refractivity contribution in [3.8, 4) is 11.5 Å². The Morgan fingerprint density at radius 2 is 2.22 bits per heavy atom. The molecule has 0 aliphatic carbocycles. The first kappa shape index (κ1) is 17.6. The van der Waals surface area contributed by atoms with Gasteiger partial charge in [-0.1, -0.05) is 5.16 Å². The van der Waals surface area contributed by atoms with Gasteiger partial charge in [-0.3, -0.25) is 14.6 Å². The average molecular weight is 370 g/mol. The van der Waals surface area contributed by atoms with Gasteiger partial charge in [0.1, 0.15) is 5.69 Å². The Labute approximate surface area is 156 Å². The predicted molar refractivity (Wildman–Crippen MR) is 94.1 cm³/mol. The molecule has 2 amide bonds. The zero-order chi connectivity index (χ0) is 18.8. The van der Waals surface area contributed by atoms with Gasteiger partial charge in [0.25, 0.3) is 0 Å². The Morgan fingerprint density at radius 1 is 1.33 bits per heavy atom. The smallest absolute Gasteiger partial charge is 0.228 e. The van der Waals surface area contributed by atoms with E-state index in [4.69, 9.17) is 4.52 Å². The minimum Gasteiger partial charge on any atom is -0.345 e. The zero-order valence-corrected chi connectivity index (χ0v) is 15.2. The third-order valence-corrected chi connectivity index (χ3v) is 5.24. The summed E-state index contributed by atoms with van der Waals surface area (Å²) in [4.78, 5) is 40.6. The van der Waals surface area contributed by atoms with Gasteiger partial charge in [-0.15, -0.1) is 0 Å². The van der Waals surface area contributed by atoms with Crippen molar-refractivity contribution in [2.24, 2.45) is 11.8 Å². The fourth-order valence-electron chi connectivity index (χ4n) is 3.82. The number of nitrogens with zero attached hydrogens (tertiary/aromatic N) is 6. The zero-order valence-electron chi connectivity index (χ0n) is 15.2. The standard InChI is InChI=1S/C18H22N6O3/c1-23-11-13(8-16(23)25)18(26)24-6-2-3-12(10-24)7-15-21-17(22-27-15)14-9-19-4-5-20-14/h4-5,9,12-13H,2-3,6-8,10-11H2,1H3/t12-,13-/m1/s1. The van der Waals surface area contributed by atoms with Crippen LogP contribution in [0, 0.1) is 11.8 Å². The van der Waals surface area contributed by atoms with Crippen LogP contribution in [0.25, 0.3) is 11.5 Å². The van der Waals surface area contributed by atoms with Gasteiger partial charge in [0, 0.05) is 51.9 Å². The highest BCUT2D eigenvalue weighted by atomic mass is 16.5. The van der Waals surface area contributed by atoms with Crippen LogP contribution in [0.3, 0.4) is 0 Å². The molecular weight excluding hydrogens is 348 g/mol. The van der Waals surface area contributed by atoms with Crippen molar-refractivity contribution < 1.29 is 14.1 Å². The van der Waals surface area contributed by atoms with Crippen molar-refractivity contribution in [3.05, 3.63) is 24.5 Å². The minimum absolute atomic E-state index is 0.0457. The lowest BCUT2D eigenvalue weighted by Crippen LogP contribution is -2.44. The number of aromatic nitrogens is 4. The number of piperidine rings is 1. The topological polar surface area (TPSA) is 105 Å². The molecule has 2 fully saturated rings. The first-order valence-electron chi connectivity index (χ1n) is 9.22. The van der Waals surface area contributed by atoms with Crippen LogP contribution in [-0.2, 0) is 16.0 Å². The molecular formula is C18H22N6O3. The summed E-state index contributed by atoms with van der Waals surface area (Å²) < 4.78 is 5.36. The van der Waals surface area contributed by atoms with Crippen molar-refractivity contribution >= 4 is 11.8 Å². The molecule has 0 N–H and O–H groups in total. The maximum Gasteiger partial charge on any atom is 0.228 e. The molecule has 2 aromatic heterocycles. The number of hydrogen-bond acceptors (Lipinski definition) is 7. The molecule has 2 aromatic rings. The highest BCUT2D eigenvalue weighted by Gasteiger charge is 2.36. The van der Waals surface area contributed by atoms with Crippen molar-refractivity contribution in [2.75, 3.05) is 26.7 Å². The second kappa shape index (κ2) is 7.42. The lowest BCUT2D eigenvalue weighted by atomic mass is 9.93. The third kappa shape index (κ3) is 3.81. The van der Waals surface area contributed by atoms with Crippen LogP contribution in [0.4, 0.5) is 0 Å². The van der Waals surface area contributed by atoms with Crippen LogP contribution >= 0.6 is 0 Å². The molecule has 0 radical (unpaired) electrons. The molecule has 0 bridgehead atoms. The largest absolute Gasteiger partial charge is 0.345 e. The first-order valence-corrected chi connectivity index (χ1v) is 9.22. The summed E-state index contributed by atoms with van der Waals surface area (Å²) in [6.07, 6.45) is 7.67. The summed E-state index contributed by atoms with van der Waals surface area (Å²) in [5.41, 5.74) is 0.572. The molecule has 2 saturated heterocycles.